The number of aliphatic imine (C=N–C) groups is 1. The van der Waals surface area contributed by atoms with Gasteiger partial charge in [0, 0.05) is 16.3 Å². The molecule has 0 saturated carbocycles. The Bertz CT molecular complexity index is 1130. The van der Waals surface area contributed by atoms with Crippen LogP contribution >= 0.6 is 15.9 Å². The SMILES string of the molecule is Cc1cccc(C=Nc2ccc3oc(-c4ccccc4Br)nc3c2)c1O. The number of benzene rings is 3. The van der Waals surface area contributed by atoms with Gasteiger partial charge >= 0.3 is 0 Å². The molecule has 0 atom stereocenters. The van der Waals surface area contributed by atoms with Crippen LogP contribution in [0.5, 0.6) is 5.75 Å². The molecule has 5 heteroatoms. The van der Waals surface area contributed by atoms with E-state index in [0.717, 1.165) is 26.8 Å². The fourth-order valence-electron chi connectivity index (χ4n) is 2.68. The van der Waals surface area contributed by atoms with E-state index >= 15 is 0 Å². The van der Waals surface area contributed by atoms with Gasteiger partial charge in [-0.05, 0) is 64.8 Å². The number of rotatable bonds is 3. The second-order valence-electron chi connectivity index (χ2n) is 5.92. The largest absolute Gasteiger partial charge is 0.507 e. The zero-order valence-electron chi connectivity index (χ0n) is 14.0. The van der Waals surface area contributed by atoms with Crippen molar-refractivity contribution in [1.82, 2.24) is 4.98 Å². The Morgan fingerprint density at radius 1 is 1.08 bits per heavy atom. The van der Waals surface area contributed by atoms with Crippen LogP contribution in [0.25, 0.3) is 22.6 Å². The summed E-state index contributed by atoms with van der Waals surface area (Å²) >= 11 is 3.52. The van der Waals surface area contributed by atoms with Crippen molar-refractivity contribution < 1.29 is 9.52 Å². The van der Waals surface area contributed by atoms with Crippen LogP contribution in [-0.4, -0.2) is 16.3 Å². The summed E-state index contributed by atoms with van der Waals surface area (Å²) in [7, 11) is 0. The van der Waals surface area contributed by atoms with Gasteiger partial charge in [-0.2, -0.15) is 0 Å². The van der Waals surface area contributed by atoms with E-state index in [-0.39, 0.29) is 5.75 Å². The molecular formula is C21H15BrN2O2. The fourth-order valence-corrected chi connectivity index (χ4v) is 3.13. The van der Waals surface area contributed by atoms with E-state index in [9.17, 15) is 5.11 Å². The Morgan fingerprint density at radius 2 is 1.92 bits per heavy atom. The standard InChI is InChI=1S/C21H15BrN2O2/c1-13-5-4-6-14(20(13)25)12-23-15-9-10-19-18(11-15)24-21(26-19)16-7-2-3-8-17(16)22/h2-12,25H,1H3. The predicted octanol–water partition coefficient (Wildman–Crippen LogP) is 6.02. The number of nitrogens with zero attached hydrogens (tertiary/aromatic N) is 2. The zero-order chi connectivity index (χ0) is 18.1. The van der Waals surface area contributed by atoms with E-state index in [1.165, 1.54) is 0 Å². The molecule has 0 aliphatic rings. The van der Waals surface area contributed by atoms with Gasteiger partial charge in [0.05, 0.1) is 11.3 Å². The summed E-state index contributed by atoms with van der Waals surface area (Å²) in [5, 5.41) is 10.1. The van der Waals surface area contributed by atoms with Crippen LogP contribution in [-0.2, 0) is 0 Å². The van der Waals surface area contributed by atoms with E-state index < -0.39 is 0 Å². The van der Waals surface area contributed by atoms with Crippen LogP contribution in [0.1, 0.15) is 11.1 Å². The predicted molar refractivity (Wildman–Crippen MR) is 107 cm³/mol. The first-order chi connectivity index (χ1) is 12.6. The second kappa shape index (κ2) is 6.77. The smallest absolute Gasteiger partial charge is 0.228 e. The van der Waals surface area contributed by atoms with Crippen molar-refractivity contribution in [2.45, 2.75) is 6.92 Å². The van der Waals surface area contributed by atoms with E-state index in [1.807, 2.05) is 67.6 Å². The molecule has 26 heavy (non-hydrogen) atoms. The van der Waals surface area contributed by atoms with Gasteiger partial charge in [-0.25, -0.2) is 4.98 Å². The minimum Gasteiger partial charge on any atom is -0.507 e. The normalized spacial score (nSPS) is 11.5. The van der Waals surface area contributed by atoms with Crippen molar-refractivity contribution >= 4 is 38.9 Å². The molecule has 3 aromatic carbocycles. The topological polar surface area (TPSA) is 58.6 Å². The van der Waals surface area contributed by atoms with E-state index in [1.54, 1.807) is 6.21 Å². The third-order valence-corrected chi connectivity index (χ3v) is 4.79. The highest BCUT2D eigenvalue weighted by atomic mass is 79.9. The highest BCUT2D eigenvalue weighted by molar-refractivity contribution is 9.10. The molecule has 4 aromatic rings. The number of aromatic nitrogens is 1. The number of para-hydroxylation sites is 1. The molecule has 1 aromatic heterocycles. The summed E-state index contributed by atoms with van der Waals surface area (Å²) in [4.78, 5) is 9.02. The number of aryl methyl sites for hydroxylation is 1. The Labute approximate surface area is 159 Å². The van der Waals surface area contributed by atoms with Gasteiger partial charge in [0.25, 0.3) is 0 Å². The van der Waals surface area contributed by atoms with Crippen LogP contribution in [0.2, 0.25) is 0 Å². The maximum atomic E-state index is 10.1. The maximum absolute atomic E-state index is 10.1. The molecule has 0 fully saturated rings. The molecule has 0 aliphatic carbocycles. The molecule has 1 heterocycles. The summed E-state index contributed by atoms with van der Waals surface area (Å²) < 4.78 is 6.78. The lowest BCUT2D eigenvalue weighted by atomic mass is 10.1. The first kappa shape index (κ1) is 16.5. The number of hydrogen-bond acceptors (Lipinski definition) is 4. The average molecular weight is 407 g/mol. The third kappa shape index (κ3) is 3.13. The number of aromatic hydroxyl groups is 1. The molecule has 4 nitrogen and oxygen atoms in total. The Kier molecular flexibility index (Phi) is 4.31. The van der Waals surface area contributed by atoms with Gasteiger partial charge in [-0.3, -0.25) is 4.99 Å². The lowest BCUT2D eigenvalue weighted by Gasteiger charge is -2.01. The van der Waals surface area contributed by atoms with Gasteiger partial charge in [0.2, 0.25) is 5.89 Å². The number of phenols is 1. The number of oxazole rings is 1. The minimum atomic E-state index is 0.245. The Morgan fingerprint density at radius 3 is 2.77 bits per heavy atom. The minimum absolute atomic E-state index is 0.245. The van der Waals surface area contributed by atoms with Crippen molar-refractivity contribution in [2.75, 3.05) is 0 Å². The van der Waals surface area contributed by atoms with Gasteiger partial charge in [0.15, 0.2) is 5.58 Å². The molecule has 0 radical (unpaired) electrons. The summed E-state index contributed by atoms with van der Waals surface area (Å²) in [5.74, 6) is 0.805. The first-order valence-electron chi connectivity index (χ1n) is 8.10. The lowest BCUT2D eigenvalue weighted by Crippen LogP contribution is -1.84. The van der Waals surface area contributed by atoms with Crippen molar-refractivity contribution in [3.8, 4) is 17.2 Å². The van der Waals surface area contributed by atoms with E-state index in [0.29, 0.717) is 17.0 Å². The molecule has 4 rings (SSSR count). The summed E-state index contributed by atoms with van der Waals surface area (Å²) in [6, 6.07) is 18.9. The van der Waals surface area contributed by atoms with Crippen LogP contribution in [0.15, 0.2) is 74.5 Å². The molecule has 0 unspecified atom stereocenters. The first-order valence-corrected chi connectivity index (χ1v) is 8.89. The fraction of sp³-hybridized carbons (Fsp3) is 0.0476. The number of hydrogen-bond donors (Lipinski definition) is 1. The summed E-state index contributed by atoms with van der Waals surface area (Å²) in [6.07, 6.45) is 1.65. The highest BCUT2D eigenvalue weighted by Crippen LogP contribution is 2.31. The van der Waals surface area contributed by atoms with E-state index in [2.05, 4.69) is 25.9 Å². The van der Waals surface area contributed by atoms with Crippen LogP contribution in [0.3, 0.4) is 0 Å². The number of phenolic OH excluding ortho intramolecular Hbond substituents is 1. The van der Waals surface area contributed by atoms with E-state index in [4.69, 9.17) is 4.42 Å². The van der Waals surface area contributed by atoms with Crippen LogP contribution in [0, 0.1) is 6.92 Å². The van der Waals surface area contributed by atoms with Gasteiger partial charge in [-0.15, -0.1) is 0 Å². The number of halogens is 1. The third-order valence-electron chi connectivity index (χ3n) is 4.10. The molecule has 0 saturated heterocycles. The van der Waals surface area contributed by atoms with Crippen LogP contribution in [0.4, 0.5) is 5.69 Å². The zero-order valence-corrected chi connectivity index (χ0v) is 15.6. The molecule has 0 amide bonds. The van der Waals surface area contributed by atoms with Crippen molar-refractivity contribution in [2.24, 2.45) is 4.99 Å². The highest BCUT2D eigenvalue weighted by Gasteiger charge is 2.11. The second-order valence-corrected chi connectivity index (χ2v) is 6.78. The quantitative estimate of drug-likeness (QED) is 0.423. The molecule has 0 bridgehead atoms. The molecule has 128 valence electrons. The maximum Gasteiger partial charge on any atom is 0.228 e. The van der Waals surface area contributed by atoms with Crippen molar-refractivity contribution in [3.05, 3.63) is 76.3 Å². The van der Waals surface area contributed by atoms with Crippen LogP contribution < -0.4 is 0 Å². The van der Waals surface area contributed by atoms with Gasteiger partial charge in [0.1, 0.15) is 11.3 Å². The van der Waals surface area contributed by atoms with Crippen molar-refractivity contribution in [3.63, 3.8) is 0 Å². The molecule has 0 spiro atoms. The summed E-state index contributed by atoms with van der Waals surface area (Å²) in [5.41, 5.74) is 4.58. The molecule has 1 N–H and O–H groups in total. The average Bonchev–Trinajstić information content (AvgIpc) is 3.06. The molecular weight excluding hydrogens is 392 g/mol. The Hall–Kier alpha value is -2.92. The van der Waals surface area contributed by atoms with Gasteiger partial charge < -0.3 is 9.52 Å². The Balaban J connectivity index is 1.69. The number of fused-ring (bicyclic) bond motifs is 1. The van der Waals surface area contributed by atoms with Crippen molar-refractivity contribution in [1.29, 1.82) is 0 Å². The monoisotopic (exact) mass is 406 g/mol. The lowest BCUT2D eigenvalue weighted by molar-refractivity contribution is 0.470. The summed E-state index contributed by atoms with van der Waals surface area (Å²) in [6.45, 7) is 1.86. The van der Waals surface area contributed by atoms with Gasteiger partial charge in [-0.1, -0.05) is 24.3 Å². The molecule has 0 aliphatic heterocycles.